The fraction of sp³-hybridized carbons (Fsp3) is 0.500. The third-order valence-electron chi connectivity index (χ3n) is 4.73. The number of benzene rings is 1. The van der Waals surface area contributed by atoms with Gasteiger partial charge in [0.05, 0.1) is 12.7 Å². The van der Waals surface area contributed by atoms with Crippen LogP contribution in [0.2, 0.25) is 0 Å². The summed E-state index contributed by atoms with van der Waals surface area (Å²) in [6.07, 6.45) is 8.04. The Morgan fingerprint density at radius 2 is 1.88 bits per heavy atom. The Morgan fingerprint density at radius 1 is 1.08 bits per heavy atom. The molecule has 0 aliphatic carbocycles. The highest BCUT2D eigenvalue weighted by atomic mass is 15.3. The Morgan fingerprint density at radius 3 is 2.65 bits per heavy atom. The Kier molecular flexibility index (Phi) is 7.07. The molecule has 6 nitrogen and oxygen atoms in total. The zero-order chi connectivity index (χ0) is 18.0. The van der Waals surface area contributed by atoms with Gasteiger partial charge in [-0.3, -0.25) is 9.67 Å². The maximum Gasteiger partial charge on any atom is 0.191 e. The number of likely N-dealkylation sites (tertiary alicyclic amines) is 1. The molecule has 2 N–H and O–H groups in total. The summed E-state index contributed by atoms with van der Waals surface area (Å²) < 4.78 is 1.97. The van der Waals surface area contributed by atoms with Gasteiger partial charge in [0.2, 0.25) is 0 Å². The van der Waals surface area contributed by atoms with Crippen molar-refractivity contribution in [2.75, 3.05) is 33.2 Å². The number of hydrogen-bond acceptors (Lipinski definition) is 3. The van der Waals surface area contributed by atoms with Gasteiger partial charge in [0, 0.05) is 38.4 Å². The van der Waals surface area contributed by atoms with E-state index < -0.39 is 0 Å². The summed E-state index contributed by atoms with van der Waals surface area (Å²) in [4.78, 5) is 6.83. The van der Waals surface area contributed by atoms with Gasteiger partial charge in [-0.15, -0.1) is 0 Å². The van der Waals surface area contributed by atoms with E-state index in [1.165, 1.54) is 37.9 Å². The lowest BCUT2D eigenvalue weighted by atomic mass is 10.1. The van der Waals surface area contributed by atoms with Crippen LogP contribution in [0.3, 0.4) is 0 Å². The molecule has 1 fully saturated rings. The Labute approximate surface area is 156 Å². The van der Waals surface area contributed by atoms with Gasteiger partial charge >= 0.3 is 0 Å². The van der Waals surface area contributed by atoms with E-state index in [0.717, 1.165) is 37.7 Å². The second-order valence-corrected chi connectivity index (χ2v) is 6.79. The summed E-state index contributed by atoms with van der Waals surface area (Å²) in [6.45, 7) is 5.98. The molecule has 140 valence electrons. The van der Waals surface area contributed by atoms with Crippen LogP contribution in [-0.4, -0.2) is 53.9 Å². The average Bonchev–Trinajstić information content (AvgIpc) is 3.13. The highest BCUT2D eigenvalue weighted by Crippen LogP contribution is 2.07. The molecular weight excluding hydrogens is 324 g/mol. The average molecular weight is 355 g/mol. The molecule has 0 unspecified atom stereocenters. The number of hydrogen-bond donors (Lipinski definition) is 2. The molecule has 1 saturated heterocycles. The van der Waals surface area contributed by atoms with Crippen molar-refractivity contribution < 1.29 is 0 Å². The summed E-state index contributed by atoms with van der Waals surface area (Å²) in [7, 11) is 1.81. The Balaban J connectivity index is 1.39. The molecule has 0 atom stereocenters. The quantitative estimate of drug-likeness (QED) is 0.590. The van der Waals surface area contributed by atoms with Crippen molar-refractivity contribution in [3.8, 4) is 0 Å². The fourth-order valence-electron chi connectivity index (χ4n) is 3.28. The van der Waals surface area contributed by atoms with Gasteiger partial charge in [-0.25, -0.2) is 0 Å². The van der Waals surface area contributed by atoms with Gasteiger partial charge in [-0.1, -0.05) is 36.8 Å². The lowest BCUT2D eigenvalue weighted by Crippen LogP contribution is -2.42. The molecule has 3 rings (SSSR count). The Hall–Kier alpha value is -2.34. The monoisotopic (exact) mass is 354 g/mol. The topological polar surface area (TPSA) is 57.5 Å². The summed E-state index contributed by atoms with van der Waals surface area (Å²) in [5.41, 5.74) is 2.41. The number of rotatable bonds is 7. The number of nitrogens with zero attached hydrogens (tertiary/aromatic N) is 4. The van der Waals surface area contributed by atoms with Gasteiger partial charge < -0.3 is 15.5 Å². The zero-order valence-electron chi connectivity index (χ0n) is 15.7. The largest absolute Gasteiger partial charge is 0.355 e. The molecule has 0 amide bonds. The maximum atomic E-state index is 4.45. The number of guanidine groups is 1. The second-order valence-electron chi connectivity index (χ2n) is 6.79. The van der Waals surface area contributed by atoms with Gasteiger partial charge in [-0.2, -0.15) is 5.10 Å². The maximum absolute atomic E-state index is 4.45. The number of nitrogens with one attached hydrogen (secondary N) is 2. The summed E-state index contributed by atoms with van der Waals surface area (Å²) in [6, 6.07) is 10.4. The molecule has 1 aromatic heterocycles. The molecule has 1 aliphatic heterocycles. The van der Waals surface area contributed by atoms with Crippen LogP contribution in [0.25, 0.3) is 0 Å². The third kappa shape index (κ3) is 5.88. The first-order valence-corrected chi connectivity index (χ1v) is 9.55. The van der Waals surface area contributed by atoms with Crippen molar-refractivity contribution in [2.45, 2.75) is 32.4 Å². The van der Waals surface area contributed by atoms with E-state index in [1.807, 2.05) is 24.0 Å². The van der Waals surface area contributed by atoms with Gasteiger partial charge in [-0.05, 0) is 31.5 Å². The normalized spacial score (nSPS) is 15.8. The first kappa shape index (κ1) is 18.5. The van der Waals surface area contributed by atoms with Crippen LogP contribution in [0.5, 0.6) is 0 Å². The van der Waals surface area contributed by atoms with Crippen molar-refractivity contribution in [3.63, 3.8) is 0 Å². The van der Waals surface area contributed by atoms with E-state index in [9.17, 15) is 0 Å². The van der Waals surface area contributed by atoms with Crippen LogP contribution in [0.1, 0.15) is 30.4 Å². The number of aromatic nitrogens is 2. The highest BCUT2D eigenvalue weighted by Gasteiger charge is 2.09. The van der Waals surface area contributed by atoms with E-state index in [2.05, 4.69) is 56.1 Å². The Bertz CT molecular complexity index is 673. The first-order chi connectivity index (χ1) is 12.8. The van der Waals surface area contributed by atoms with E-state index in [4.69, 9.17) is 0 Å². The van der Waals surface area contributed by atoms with Crippen LogP contribution in [0, 0.1) is 0 Å². The standard InChI is InChI=1S/C20H30N6/c1-21-20(22-10-13-25-11-6-3-7-12-25)23-14-19-15-24-26(17-19)16-18-8-4-2-5-9-18/h2,4-5,8-9,15,17H,3,6-7,10-14,16H2,1H3,(H2,21,22,23). The van der Waals surface area contributed by atoms with Crippen LogP contribution >= 0.6 is 0 Å². The molecule has 2 heterocycles. The van der Waals surface area contributed by atoms with Crippen LogP contribution < -0.4 is 10.6 Å². The molecule has 0 spiro atoms. The predicted octanol–water partition coefficient (Wildman–Crippen LogP) is 2.08. The van der Waals surface area contributed by atoms with Crippen molar-refractivity contribution in [1.82, 2.24) is 25.3 Å². The number of aliphatic imine (C=N–C) groups is 1. The van der Waals surface area contributed by atoms with Crippen molar-refractivity contribution in [2.24, 2.45) is 4.99 Å². The minimum absolute atomic E-state index is 0.720. The molecular formula is C20H30N6. The van der Waals surface area contributed by atoms with Gasteiger partial charge in [0.1, 0.15) is 0 Å². The molecule has 6 heteroatoms. The van der Waals surface area contributed by atoms with E-state index in [1.54, 1.807) is 0 Å². The number of piperidine rings is 1. The molecule has 0 bridgehead atoms. The zero-order valence-corrected chi connectivity index (χ0v) is 15.7. The van der Waals surface area contributed by atoms with Gasteiger partial charge in [0.25, 0.3) is 0 Å². The molecule has 0 radical (unpaired) electrons. The van der Waals surface area contributed by atoms with E-state index >= 15 is 0 Å². The van der Waals surface area contributed by atoms with E-state index in [0.29, 0.717) is 0 Å². The summed E-state index contributed by atoms with van der Waals surface area (Å²) in [5.74, 6) is 0.845. The van der Waals surface area contributed by atoms with Crippen LogP contribution in [-0.2, 0) is 13.1 Å². The lowest BCUT2D eigenvalue weighted by molar-refractivity contribution is 0.232. The van der Waals surface area contributed by atoms with Crippen LogP contribution in [0.15, 0.2) is 47.7 Å². The fourth-order valence-corrected chi connectivity index (χ4v) is 3.28. The lowest BCUT2D eigenvalue weighted by Gasteiger charge is -2.26. The van der Waals surface area contributed by atoms with Crippen molar-refractivity contribution >= 4 is 5.96 Å². The highest BCUT2D eigenvalue weighted by molar-refractivity contribution is 5.79. The van der Waals surface area contributed by atoms with Crippen molar-refractivity contribution in [3.05, 3.63) is 53.9 Å². The minimum atomic E-state index is 0.720. The SMILES string of the molecule is CN=C(NCCN1CCCCC1)NCc1cnn(Cc2ccccc2)c1. The predicted molar refractivity (Wildman–Crippen MR) is 106 cm³/mol. The molecule has 0 saturated carbocycles. The molecule has 26 heavy (non-hydrogen) atoms. The minimum Gasteiger partial charge on any atom is -0.355 e. The molecule has 1 aromatic carbocycles. The van der Waals surface area contributed by atoms with Gasteiger partial charge in [0.15, 0.2) is 5.96 Å². The first-order valence-electron chi connectivity index (χ1n) is 9.55. The van der Waals surface area contributed by atoms with Crippen molar-refractivity contribution in [1.29, 1.82) is 0 Å². The van der Waals surface area contributed by atoms with E-state index in [-0.39, 0.29) is 0 Å². The third-order valence-corrected chi connectivity index (χ3v) is 4.73. The summed E-state index contributed by atoms with van der Waals surface area (Å²) in [5, 5.41) is 11.2. The summed E-state index contributed by atoms with van der Waals surface area (Å²) >= 11 is 0. The van der Waals surface area contributed by atoms with Crippen LogP contribution in [0.4, 0.5) is 0 Å². The smallest absolute Gasteiger partial charge is 0.191 e. The molecule has 2 aromatic rings. The second kappa shape index (κ2) is 9.97. The molecule has 1 aliphatic rings.